The lowest BCUT2D eigenvalue weighted by Crippen LogP contribution is -2.47. The Balaban J connectivity index is 1.62. The van der Waals surface area contributed by atoms with E-state index in [-0.39, 0.29) is 5.91 Å². The van der Waals surface area contributed by atoms with Crippen molar-refractivity contribution in [2.24, 2.45) is 0 Å². The van der Waals surface area contributed by atoms with Crippen LogP contribution in [0.15, 0.2) is 6.33 Å². The summed E-state index contributed by atoms with van der Waals surface area (Å²) in [5.41, 5.74) is 2.19. The minimum atomic E-state index is -0.678. The van der Waals surface area contributed by atoms with Gasteiger partial charge in [-0.1, -0.05) is 0 Å². The van der Waals surface area contributed by atoms with E-state index in [0.29, 0.717) is 25.2 Å². The lowest BCUT2D eigenvalue weighted by Gasteiger charge is -2.36. The second-order valence-corrected chi connectivity index (χ2v) is 6.09. The maximum atomic E-state index is 12.0. The Morgan fingerprint density at radius 2 is 2.23 bits per heavy atom. The molecule has 3 rings (SSSR count). The molecule has 0 unspecified atom stereocenters. The summed E-state index contributed by atoms with van der Waals surface area (Å²) in [6.45, 7) is 4.23. The van der Waals surface area contributed by atoms with Crippen molar-refractivity contribution in [3.8, 4) is 0 Å². The number of fused-ring (bicyclic) bond motifs is 1. The molecule has 2 N–H and O–H groups in total. The molecule has 0 atom stereocenters. The lowest BCUT2D eigenvalue weighted by atomic mass is 9.80. The third-order valence-corrected chi connectivity index (χ3v) is 4.49. The molecule has 0 bridgehead atoms. The molecule has 7 nitrogen and oxygen atoms in total. The Kier molecular flexibility index (Phi) is 3.82. The first-order valence-corrected chi connectivity index (χ1v) is 7.63. The van der Waals surface area contributed by atoms with Crippen LogP contribution in [0.4, 0.5) is 0 Å². The molecule has 1 aliphatic carbocycles. The van der Waals surface area contributed by atoms with Crippen LogP contribution < -0.4 is 5.32 Å². The van der Waals surface area contributed by atoms with Gasteiger partial charge in [0.1, 0.15) is 6.33 Å². The van der Waals surface area contributed by atoms with E-state index in [0.717, 1.165) is 36.2 Å². The molecule has 118 valence electrons. The summed E-state index contributed by atoms with van der Waals surface area (Å²) in [6, 6.07) is 0. The number of carbonyl (C=O) groups excluding carboxylic acids is 1. The van der Waals surface area contributed by atoms with E-state index in [2.05, 4.69) is 20.4 Å². The maximum Gasteiger partial charge on any atom is 0.252 e. The highest BCUT2D eigenvalue weighted by molar-refractivity contribution is 5.76. The van der Waals surface area contributed by atoms with Crippen LogP contribution >= 0.6 is 0 Å². The molecular formula is C15H21N5O2. The summed E-state index contributed by atoms with van der Waals surface area (Å²) in [5, 5.41) is 17.0. The van der Waals surface area contributed by atoms with Gasteiger partial charge in [-0.15, -0.1) is 0 Å². The molecule has 1 aliphatic rings. The number of carbonyl (C=O) groups is 1. The molecule has 0 saturated heterocycles. The van der Waals surface area contributed by atoms with Crippen molar-refractivity contribution in [3.05, 3.63) is 23.3 Å². The zero-order valence-electron chi connectivity index (χ0n) is 13.0. The molecule has 0 aromatic carbocycles. The van der Waals surface area contributed by atoms with Crippen LogP contribution in [0, 0.1) is 13.8 Å². The highest BCUT2D eigenvalue weighted by Gasteiger charge is 2.34. The summed E-state index contributed by atoms with van der Waals surface area (Å²) in [5.74, 6) is 0.535. The van der Waals surface area contributed by atoms with Crippen molar-refractivity contribution in [1.82, 2.24) is 24.9 Å². The molecule has 2 heterocycles. The lowest BCUT2D eigenvalue weighted by molar-refractivity contribution is -0.123. The van der Waals surface area contributed by atoms with Crippen molar-refractivity contribution >= 4 is 11.7 Å². The number of hydrogen-bond donors (Lipinski definition) is 2. The second-order valence-electron chi connectivity index (χ2n) is 6.09. The highest BCUT2D eigenvalue weighted by atomic mass is 16.3. The summed E-state index contributed by atoms with van der Waals surface area (Å²) < 4.78 is 1.69. The van der Waals surface area contributed by atoms with Gasteiger partial charge in [-0.3, -0.25) is 4.79 Å². The van der Waals surface area contributed by atoms with E-state index in [1.165, 1.54) is 6.33 Å². The van der Waals surface area contributed by atoms with Crippen molar-refractivity contribution in [1.29, 1.82) is 0 Å². The fourth-order valence-corrected chi connectivity index (χ4v) is 2.87. The molecule has 22 heavy (non-hydrogen) atoms. The summed E-state index contributed by atoms with van der Waals surface area (Å²) in [7, 11) is 0. The predicted octanol–water partition coefficient (Wildman–Crippen LogP) is 0.705. The van der Waals surface area contributed by atoms with Gasteiger partial charge in [-0.05, 0) is 45.1 Å². The van der Waals surface area contributed by atoms with Crippen LogP contribution in [0.1, 0.15) is 42.6 Å². The summed E-state index contributed by atoms with van der Waals surface area (Å²) in [4.78, 5) is 20.4. The van der Waals surface area contributed by atoms with E-state index in [1.54, 1.807) is 4.52 Å². The van der Waals surface area contributed by atoms with Gasteiger partial charge >= 0.3 is 0 Å². The monoisotopic (exact) mass is 303 g/mol. The van der Waals surface area contributed by atoms with E-state index in [1.807, 2.05) is 13.8 Å². The van der Waals surface area contributed by atoms with Crippen LogP contribution in [0.5, 0.6) is 0 Å². The molecule has 0 spiro atoms. The predicted molar refractivity (Wildman–Crippen MR) is 80.4 cm³/mol. The molecule has 0 aliphatic heterocycles. The zero-order valence-corrected chi connectivity index (χ0v) is 13.0. The van der Waals surface area contributed by atoms with E-state index in [4.69, 9.17) is 0 Å². The van der Waals surface area contributed by atoms with Gasteiger partial charge in [-0.25, -0.2) is 9.50 Å². The SMILES string of the molecule is Cc1nc2ncnn2c(C)c1CCC(=O)NCC1(O)CCC1. The summed E-state index contributed by atoms with van der Waals surface area (Å²) in [6.07, 6.45) is 5.04. The fraction of sp³-hybridized carbons (Fsp3) is 0.600. The third-order valence-electron chi connectivity index (χ3n) is 4.49. The number of aromatic nitrogens is 4. The normalized spacial score (nSPS) is 16.5. The zero-order chi connectivity index (χ0) is 15.7. The minimum absolute atomic E-state index is 0.0437. The van der Waals surface area contributed by atoms with Gasteiger partial charge in [0, 0.05) is 24.4 Å². The number of hydrogen-bond acceptors (Lipinski definition) is 5. The van der Waals surface area contributed by atoms with Gasteiger partial charge in [0.15, 0.2) is 0 Å². The number of nitrogens with zero attached hydrogens (tertiary/aromatic N) is 4. The number of aryl methyl sites for hydroxylation is 2. The van der Waals surface area contributed by atoms with Crippen LogP contribution in [-0.2, 0) is 11.2 Å². The first-order chi connectivity index (χ1) is 10.5. The van der Waals surface area contributed by atoms with Crippen molar-refractivity contribution < 1.29 is 9.90 Å². The van der Waals surface area contributed by atoms with E-state index < -0.39 is 5.60 Å². The van der Waals surface area contributed by atoms with E-state index >= 15 is 0 Å². The second kappa shape index (κ2) is 5.64. The third kappa shape index (κ3) is 2.81. The smallest absolute Gasteiger partial charge is 0.252 e. The molecule has 0 radical (unpaired) electrons. The number of aliphatic hydroxyl groups is 1. The van der Waals surface area contributed by atoms with Crippen molar-refractivity contribution in [2.75, 3.05) is 6.54 Å². The quantitative estimate of drug-likeness (QED) is 0.848. The molecule has 2 aromatic rings. The Hall–Kier alpha value is -2.02. The van der Waals surface area contributed by atoms with Gasteiger partial charge in [0.2, 0.25) is 5.91 Å². The standard InChI is InChI=1S/C15H21N5O2/c1-10-12(11(2)20-14(19-10)17-9-18-20)4-5-13(21)16-8-15(22)6-3-7-15/h9,22H,3-8H2,1-2H3,(H,16,21). The highest BCUT2D eigenvalue weighted by Crippen LogP contribution is 2.30. The Morgan fingerprint density at radius 3 is 2.91 bits per heavy atom. The molecule has 1 fully saturated rings. The van der Waals surface area contributed by atoms with Gasteiger partial charge < -0.3 is 10.4 Å². The first-order valence-electron chi connectivity index (χ1n) is 7.63. The fourth-order valence-electron chi connectivity index (χ4n) is 2.87. The Bertz CT molecular complexity index is 705. The number of amides is 1. The Morgan fingerprint density at radius 1 is 1.45 bits per heavy atom. The molecule has 1 saturated carbocycles. The van der Waals surface area contributed by atoms with Crippen LogP contribution in [0.2, 0.25) is 0 Å². The van der Waals surface area contributed by atoms with E-state index in [9.17, 15) is 9.90 Å². The van der Waals surface area contributed by atoms with Crippen LogP contribution in [0.25, 0.3) is 5.78 Å². The number of nitrogens with one attached hydrogen (secondary N) is 1. The topological polar surface area (TPSA) is 92.4 Å². The maximum absolute atomic E-state index is 12.0. The number of rotatable bonds is 5. The first kappa shape index (κ1) is 14.9. The average Bonchev–Trinajstić information content (AvgIpc) is 2.91. The molecular weight excluding hydrogens is 282 g/mol. The molecule has 7 heteroatoms. The summed E-state index contributed by atoms with van der Waals surface area (Å²) >= 11 is 0. The van der Waals surface area contributed by atoms with Crippen molar-refractivity contribution in [3.63, 3.8) is 0 Å². The minimum Gasteiger partial charge on any atom is -0.388 e. The largest absolute Gasteiger partial charge is 0.388 e. The van der Waals surface area contributed by atoms with Crippen LogP contribution in [0.3, 0.4) is 0 Å². The van der Waals surface area contributed by atoms with Gasteiger partial charge in [-0.2, -0.15) is 10.1 Å². The van der Waals surface area contributed by atoms with Gasteiger partial charge in [0.05, 0.1) is 5.60 Å². The molecule has 1 amide bonds. The molecule has 2 aromatic heterocycles. The van der Waals surface area contributed by atoms with Crippen molar-refractivity contribution in [2.45, 2.75) is 51.6 Å². The Labute approximate surface area is 128 Å². The average molecular weight is 303 g/mol. The van der Waals surface area contributed by atoms with Gasteiger partial charge in [0.25, 0.3) is 5.78 Å². The van der Waals surface area contributed by atoms with Crippen LogP contribution in [-0.4, -0.2) is 42.7 Å².